The number of amides is 2. The highest BCUT2D eigenvalue weighted by atomic mass is 19.4. The van der Waals surface area contributed by atoms with Gasteiger partial charge in [0.25, 0.3) is 0 Å². The molecule has 0 aliphatic carbocycles. The number of benzene rings is 1. The van der Waals surface area contributed by atoms with Crippen molar-refractivity contribution in [2.24, 2.45) is 5.92 Å². The number of para-hydroxylation sites is 1. The Hall–Kier alpha value is -1.96. The summed E-state index contributed by atoms with van der Waals surface area (Å²) in [4.78, 5) is 13.4. The number of nitrogens with one attached hydrogen (secondary N) is 1. The number of nitrogens with zero attached hydrogens (tertiary/aromatic N) is 1. The van der Waals surface area contributed by atoms with Crippen molar-refractivity contribution in [3.63, 3.8) is 0 Å². The first-order valence-corrected chi connectivity index (χ1v) is 7.83. The van der Waals surface area contributed by atoms with Crippen molar-refractivity contribution < 1.29 is 27.8 Å². The second kappa shape index (κ2) is 8.23. The zero-order valence-corrected chi connectivity index (χ0v) is 13.1. The van der Waals surface area contributed by atoms with Gasteiger partial charge in [0, 0.05) is 13.1 Å². The van der Waals surface area contributed by atoms with E-state index < -0.39 is 18.2 Å². The van der Waals surface area contributed by atoms with E-state index in [9.17, 15) is 23.1 Å². The van der Waals surface area contributed by atoms with Crippen LogP contribution in [0.15, 0.2) is 30.3 Å². The van der Waals surface area contributed by atoms with Gasteiger partial charge in [0.1, 0.15) is 12.4 Å². The van der Waals surface area contributed by atoms with Crippen LogP contribution in [-0.4, -0.2) is 54.6 Å². The van der Waals surface area contributed by atoms with Crippen LogP contribution in [0, 0.1) is 5.92 Å². The first-order chi connectivity index (χ1) is 11.4. The number of carbonyl (C=O) groups is 1. The minimum Gasteiger partial charge on any atom is -0.492 e. The maximum Gasteiger partial charge on any atom is 0.414 e. The lowest BCUT2D eigenvalue weighted by Gasteiger charge is -2.34. The van der Waals surface area contributed by atoms with Crippen LogP contribution < -0.4 is 10.1 Å². The lowest BCUT2D eigenvalue weighted by Crippen LogP contribution is -2.48. The number of halogens is 3. The summed E-state index contributed by atoms with van der Waals surface area (Å²) in [5.74, 6) is -0.149. The molecule has 24 heavy (non-hydrogen) atoms. The predicted octanol–water partition coefficient (Wildman–Crippen LogP) is 2.41. The van der Waals surface area contributed by atoms with Crippen LogP contribution in [0.3, 0.4) is 0 Å². The Morgan fingerprint density at radius 1 is 1.29 bits per heavy atom. The molecule has 1 fully saturated rings. The van der Waals surface area contributed by atoms with Gasteiger partial charge in [-0.2, -0.15) is 13.2 Å². The number of likely N-dealkylation sites (tertiary alicyclic amines) is 1. The van der Waals surface area contributed by atoms with E-state index in [1.54, 1.807) is 12.1 Å². The number of carbonyl (C=O) groups excluding carboxylic acids is 1. The molecule has 1 atom stereocenters. The fourth-order valence-corrected chi connectivity index (χ4v) is 2.64. The molecule has 134 valence electrons. The van der Waals surface area contributed by atoms with Crippen molar-refractivity contribution >= 4 is 6.03 Å². The van der Waals surface area contributed by atoms with E-state index in [0.29, 0.717) is 18.9 Å². The number of alkyl halides is 3. The molecular formula is C16H21F3N2O3. The smallest absolute Gasteiger partial charge is 0.414 e. The van der Waals surface area contributed by atoms with Crippen LogP contribution in [-0.2, 0) is 0 Å². The van der Waals surface area contributed by atoms with E-state index in [1.165, 1.54) is 4.90 Å². The molecule has 0 aromatic heterocycles. The van der Waals surface area contributed by atoms with Gasteiger partial charge in [0.2, 0.25) is 0 Å². The van der Waals surface area contributed by atoms with E-state index >= 15 is 0 Å². The molecule has 0 spiro atoms. The lowest BCUT2D eigenvalue weighted by atomic mass is 9.91. The first-order valence-electron chi connectivity index (χ1n) is 7.83. The summed E-state index contributed by atoms with van der Waals surface area (Å²) in [5.41, 5.74) is 0. The molecule has 1 unspecified atom stereocenters. The maximum absolute atomic E-state index is 12.5. The lowest BCUT2D eigenvalue weighted by molar-refractivity contribution is -0.222. The number of aliphatic hydroxyl groups is 1. The zero-order valence-electron chi connectivity index (χ0n) is 13.1. The zero-order chi connectivity index (χ0) is 17.6. The molecule has 1 aliphatic heterocycles. The summed E-state index contributed by atoms with van der Waals surface area (Å²) in [7, 11) is 0. The average molecular weight is 346 g/mol. The molecule has 0 radical (unpaired) electrons. The Bertz CT molecular complexity index is 517. The summed E-state index contributed by atoms with van der Waals surface area (Å²) in [6.45, 7) is 1.00. The highest BCUT2D eigenvalue weighted by Gasteiger charge is 2.44. The van der Waals surface area contributed by atoms with Gasteiger partial charge in [-0.1, -0.05) is 18.2 Å². The van der Waals surface area contributed by atoms with Gasteiger partial charge in [-0.15, -0.1) is 0 Å². The van der Waals surface area contributed by atoms with Gasteiger partial charge in [0.05, 0.1) is 6.54 Å². The number of hydrogen-bond donors (Lipinski definition) is 2. The van der Waals surface area contributed by atoms with E-state index in [4.69, 9.17) is 4.74 Å². The molecule has 1 aromatic carbocycles. The largest absolute Gasteiger partial charge is 0.492 e. The van der Waals surface area contributed by atoms with E-state index in [1.807, 2.05) is 18.2 Å². The molecule has 5 nitrogen and oxygen atoms in total. The van der Waals surface area contributed by atoms with E-state index in [2.05, 4.69) is 5.32 Å². The van der Waals surface area contributed by atoms with Gasteiger partial charge >= 0.3 is 12.2 Å². The summed E-state index contributed by atoms with van der Waals surface area (Å²) in [5, 5.41) is 11.9. The summed E-state index contributed by atoms with van der Waals surface area (Å²) < 4.78 is 42.9. The first kappa shape index (κ1) is 18.4. The third-order valence-electron chi connectivity index (χ3n) is 4.00. The molecular weight excluding hydrogens is 325 g/mol. The molecule has 2 amide bonds. The monoisotopic (exact) mass is 346 g/mol. The minimum absolute atomic E-state index is 0.134. The van der Waals surface area contributed by atoms with Crippen LogP contribution in [0.2, 0.25) is 0 Å². The summed E-state index contributed by atoms with van der Waals surface area (Å²) >= 11 is 0. The Kier molecular flexibility index (Phi) is 6.30. The second-order valence-corrected chi connectivity index (χ2v) is 5.70. The van der Waals surface area contributed by atoms with Gasteiger partial charge < -0.3 is 20.1 Å². The number of ether oxygens (including phenoxy) is 1. The van der Waals surface area contributed by atoms with Gasteiger partial charge in [-0.25, -0.2) is 4.79 Å². The van der Waals surface area contributed by atoms with E-state index in [0.717, 1.165) is 0 Å². The molecule has 2 N–H and O–H groups in total. The quantitative estimate of drug-likeness (QED) is 0.805. The van der Waals surface area contributed by atoms with Crippen molar-refractivity contribution in [2.45, 2.75) is 25.1 Å². The number of urea groups is 1. The molecule has 8 heteroatoms. The number of rotatable bonds is 5. The standard InChI is InChI=1S/C16H21F3N2O3/c17-16(18,19)14(22)12-6-9-21(10-7-12)15(23)20-8-11-24-13-4-2-1-3-5-13/h1-5,12,14,22H,6-11H2,(H,20,23). The third kappa shape index (κ3) is 5.30. The molecule has 1 heterocycles. The Morgan fingerprint density at radius 2 is 1.92 bits per heavy atom. The molecule has 2 rings (SSSR count). The molecule has 0 bridgehead atoms. The highest BCUT2D eigenvalue weighted by molar-refractivity contribution is 5.74. The van der Waals surface area contributed by atoms with Crippen LogP contribution in [0.25, 0.3) is 0 Å². The van der Waals surface area contributed by atoms with Crippen LogP contribution in [0.1, 0.15) is 12.8 Å². The van der Waals surface area contributed by atoms with Crippen molar-refractivity contribution in [1.82, 2.24) is 10.2 Å². The van der Waals surface area contributed by atoms with Crippen LogP contribution >= 0.6 is 0 Å². The Labute approximate surface area is 138 Å². The fourth-order valence-electron chi connectivity index (χ4n) is 2.64. The van der Waals surface area contributed by atoms with Crippen molar-refractivity contribution in [3.05, 3.63) is 30.3 Å². The Balaban J connectivity index is 1.66. The molecule has 1 aliphatic rings. The third-order valence-corrected chi connectivity index (χ3v) is 4.00. The van der Waals surface area contributed by atoms with Crippen molar-refractivity contribution in [2.75, 3.05) is 26.2 Å². The van der Waals surface area contributed by atoms with Gasteiger partial charge in [0.15, 0.2) is 6.10 Å². The summed E-state index contributed by atoms with van der Waals surface area (Å²) in [6.07, 6.45) is -6.66. The van der Waals surface area contributed by atoms with Gasteiger partial charge in [-0.3, -0.25) is 0 Å². The number of hydrogen-bond acceptors (Lipinski definition) is 3. The second-order valence-electron chi connectivity index (χ2n) is 5.70. The number of piperidine rings is 1. The highest BCUT2D eigenvalue weighted by Crippen LogP contribution is 2.31. The minimum atomic E-state index is -4.61. The number of aliphatic hydroxyl groups excluding tert-OH is 1. The Morgan fingerprint density at radius 3 is 2.50 bits per heavy atom. The maximum atomic E-state index is 12.5. The normalized spacial score (nSPS) is 17.4. The van der Waals surface area contributed by atoms with E-state index in [-0.39, 0.29) is 32.0 Å². The van der Waals surface area contributed by atoms with Crippen LogP contribution in [0.4, 0.5) is 18.0 Å². The summed E-state index contributed by atoms with van der Waals surface area (Å²) in [6, 6.07) is 8.83. The SMILES string of the molecule is O=C(NCCOc1ccccc1)N1CCC(C(O)C(F)(F)F)CC1. The molecule has 0 saturated carbocycles. The van der Waals surface area contributed by atoms with Crippen molar-refractivity contribution in [3.8, 4) is 5.75 Å². The molecule has 1 aromatic rings. The topological polar surface area (TPSA) is 61.8 Å². The molecule has 1 saturated heterocycles. The average Bonchev–Trinajstić information content (AvgIpc) is 2.58. The predicted molar refractivity (Wildman–Crippen MR) is 81.7 cm³/mol. The van der Waals surface area contributed by atoms with Gasteiger partial charge in [-0.05, 0) is 30.9 Å². The van der Waals surface area contributed by atoms with Crippen molar-refractivity contribution in [1.29, 1.82) is 0 Å². The fraction of sp³-hybridized carbons (Fsp3) is 0.562. The van der Waals surface area contributed by atoms with Crippen LogP contribution in [0.5, 0.6) is 5.75 Å².